The van der Waals surface area contributed by atoms with E-state index in [0.717, 1.165) is 6.42 Å². The molecule has 1 atom stereocenters. The molecule has 1 aromatic heterocycles. The zero-order chi connectivity index (χ0) is 10.8. The second kappa shape index (κ2) is 4.33. The monoisotopic (exact) mass is 208 g/mol. The highest BCUT2D eigenvalue weighted by Gasteiger charge is 2.26. The molecule has 0 spiro atoms. The highest BCUT2D eigenvalue weighted by molar-refractivity contribution is 5.22. The summed E-state index contributed by atoms with van der Waals surface area (Å²) in [7, 11) is 1.97. The first-order chi connectivity index (χ1) is 7.24. The van der Waals surface area contributed by atoms with Crippen LogP contribution in [0.4, 0.5) is 0 Å². The van der Waals surface area contributed by atoms with Gasteiger partial charge in [0.1, 0.15) is 0 Å². The van der Waals surface area contributed by atoms with E-state index in [-0.39, 0.29) is 6.04 Å². The van der Waals surface area contributed by atoms with Gasteiger partial charge in [-0.05, 0) is 19.3 Å². The third-order valence-corrected chi connectivity index (χ3v) is 2.90. The van der Waals surface area contributed by atoms with Crippen LogP contribution in [0.15, 0.2) is 6.20 Å². The topological polar surface area (TPSA) is 55.9 Å². The molecule has 3 N–H and O–H groups in total. The molecular formula is C11H20N4. The maximum Gasteiger partial charge on any atom is 0.0670 e. The Kier molecular flexibility index (Phi) is 3.07. The number of hydrogen-bond acceptors (Lipinski definition) is 3. The van der Waals surface area contributed by atoms with Gasteiger partial charge in [0, 0.05) is 37.4 Å². The molecule has 84 valence electrons. The van der Waals surface area contributed by atoms with Gasteiger partial charge >= 0.3 is 0 Å². The molecule has 1 aromatic rings. The minimum absolute atomic E-state index is 0.279. The van der Waals surface area contributed by atoms with Crippen LogP contribution in [0.3, 0.4) is 0 Å². The van der Waals surface area contributed by atoms with E-state index in [1.807, 2.05) is 11.7 Å². The molecule has 1 saturated carbocycles. The summed E-state index contributed by atoms with van der Waals surface area (Å²) in [5, 5.41) is 8.01. The summed E-state index contributed by atoms with van der Waals surface area (Å²) in [6, 6.07) is 0.963. The van der Waals surface area contributed by atoms with Crippen LogP contribution in [0.2, 0.25) is 0 Å². The van der Waals surface area contributed by atoms with Crippen molar-refractivity contribution in [3.63, 3.8) is 0 Å². The number of aryl methyl sites for hydroxylation is 2. The first-order valence-electron chi connectivity index (χ1n) is 5.73. The predicted molar refractivity (Wildman–Crippen MR) is 60.5 cm³/mol. The van der Waals surface area contributed by atoms with Gasteiger partial charge < -0.3 is 11.1 Å². The Bertz CT molecular complexity index is 327. The summed E-state index contributed by atoms with van der Waals surface area (Å²) >= 11 is 0. The molecule has 0 bridgehead atoms. The van der Waals surface area contributed by atoms with E-state index in [9.17, 15) is 0 Å². The smallest absolute Gasteiger partial charge is 0.0670 e. The summed E-state index contributed by atoms with van der Waals surface area (Å²) in [5.41, 5.74) is 8.25. The SMILES string of the molecule is CCc1nn(C)cc1C(CN)NC1CC1. The number of rotatable bonds is 5. The van der Waals surface area contributed by atoms with Crippen LogP contribution in [0, 0.1) is 0 Å². The predicted octanol–water partition coefficient (Wildman–Crippen LogP) is 0.734. The van der Waals surface area contributed by atoms with Crippen molar-refractivity contribution in [3.05, 3.63) is 17.5 Å². The zero-order valence-electron chi connectivity index (χ0n) is 9.53. The minimum Gasteiger partial charge on any atom is -0.329 e. The van der Waals surface area contributed by atoms with Crippen molar-refractivity contribution in [2.75, 3.05) is 6.54 Å². The second-order valence-electron chi connectivity index (χ2n) is 4.29. The Morgan fingerprint density at radius 3 is 2.93 bits per heavy atom. The molecule has 1 aliphatic carbocycles. The molecule has 0 aliphatic heterocycles. The summed E-state index contributed by atoms with van der Waals surface area (Å²) in [4.78, 5) is 0. The summed E-state index contributed by atoms with van der Waals surface area (Å²) in [5.74, 6) is 0. The van der Waals surface area contributed by atoms with Gasteiger partial charge in [0.25, 0.3) is 0 Å². The van der Waals surface area contributed by atoms with Gasteiger partial charge in [-0.3, -0.25) is 4.68 Å². The normalized spacial score (nSPS) is 18.1. The maximum atomic E-state index is 5.81. The van der Waals surface area contributed by atoms with E-state index in [1.165, 1.54) is 24.1 Å². The third-order valence-electron chi connectivity index (χ3n) is 2.90. The first-order valence-corrected chi connectivity index (χ1v) is 5.73. The third kappa shape index (κ3) is 2.38. The lowest BCUT2D eigenvalue weighted by molar-refractivity contribution is 0.535. The van der Waals surface area contributed by atoms with Crippen LogP contribution in [0.5, 0.6) is 0 Å². The zero-order valence-corrected chi connectivity index (χ0v) is 9.53. The fourth-order valence-corrected chi connectivity index (χ4v) is 1.94. The van der Waals surface area contributed by atoms with Crippen LogP contribution in [0.1, 0.15) is 37.1 Å². The Morgan fingerprint density at radius 1 is 1.67 bits per heavy atom. The van der Waals surface area contributed by atoms with Crippen LogP contribution in [-0.2, 0) is 13.5 Å². The van der Waals surface area contributed by atoms with E-state index in [1.54, 1.807) is 0 Å². The number of nitrogens with zero attached hydrogens (tertiary/aromatic N) is 2. The average Bonchev–Trinajstić information content (AvgIpc) is 2.97. The quantitative estimate of drug-likeness (QED) is 0.750. The van der Waals surface area contributed by atoms with Crippen molar-refractivity contribution >= 4 is 0 Å². The molecule has 4 nitrogen and oxygen atoms in total. The Hall–Kier alpha value is -0.870. The van der Waals surface area contributed by atoms with Gasteiger partial charge in [0.2, 0.25) is 0 Å². The van der Waals surface area contributed by atoms with Gasteiger partial charge in [0.05, 0.1) is 5.69 Å². The van der Waals surface area contributed by atoms with Crippen molar-refractivity contribution in [2.45, 2.75) is 38.3 Å². The summed E-state index contributed by atoms with van der Waals surface area (Å²) in [6.07, 6.45) is 5.64. The lowest BCUT2D eigenvalue weighted by atomic mass is 10.1. The van der Waals surface area contributed by atoms with Crippen molar-refractivity contribution in [1.82, 2.24) is 15.1 Å². The van der Waals surface area contributed by atoms with Gasteiger partial charge in [-0.25, -0.2) is 0 Å². The van der Waals surface area contributed by atoms with E-state index >= 15 is 0 Å². The second-order valence-corrected chi connectivity index (χ2v) is 4.29. The number of hydrogen-bond donors (Lipinski definition) is 2. The van der Waals surface area contributed by atoms with E-state index in [2.05, 4.69) is 23.5 Å². The fraction of sp³-hybridized carbons (Fsp3) is 0.727. The van der Waals surface area contributed by atoms with Crippen LogP contribution < -0.4 is 11.1 Å². The molecule has 0 amide bonds. The molecule has 4 heteroatoms. The highest BCUT2D eigenvalue weighted by Crippen LogP contribution is 2.25. The Balaban J connectivity index is 2.15. The van der Waals surface area contributed by atoms with Crippen molar-refractivity contribution in [2.24, 2.45) is 12.8 Å². The molecule has 15 heavy (non-hydrogen) atoms. The van der Waals surface area contributed by atoms with Crippen LogP contribution >= 0.6 is 0 Å². The highest BCUT2D eigenvalue weighted by atomic mass is 15.3. The number of aromatic nitrogens is 2. The summed E-state index contributed by atoms with van der Waals surface area (Å²) in [6.45, 7) is 2.78. The lowest BCUT2D eigenvalue weighted by Crippen LogP contribution is -2.30. The van der Waals surface area contributed by atoms with Gasteiger partial charge in [0.15, 0.2) is 0 Å². The average molecular weight is 208 g/mol. The summed E-state index contributed by atoms with van der Waals surface area (Å²) < 4.78 is 1.88. The molecule has 0 aromatic carbocycles. The van der Waals surface area contributed by atoms with Crippen LogP contribution in [-0.4, -0.2) is 22.4 Å². The van der Waals surface area contributed by atoms with E-state index < -0.39 is 0 Å². The molecule has 0 saturated heterocycles. The Morgan fingerprint density at radius 2 is 2.40 bits per heavy atom. The van der Waals surface area contributed by atoms with Crippen LogP contribution in [0.25, 0.3) is 0 Å². The van der Waals surface area contributed by atoms with Crippen molar-refractivity contribution in [1.29, 1.82) is 0 Å². The lowest BCUT2D eigenvalue weighted by Gasteiger charge is -2.16. The first kappa shape index (κ1) is 10.6. The fourth-order valence-electron chi connectivity index (χ4n) is 1.94. The van der Waals surface area contributed by atoms with Gasteiger partial charge in [-0.2, -0.15) is 5.10 Å². The number of nitrogens with one attached hydrogen (secondary N) is 1. The van der Waals surface area contributed by atoms with E-state index in [4.69, 9.17) is 5.73 Å². The van der Waals surface area contributed by atoms with Crippen molar-refractivity contribution < 1.29 is 0 Å². The van der Waals surface area contributed by atoms with Crippen molar-refractivity contribution in [3.8, 4) is 0 Å². The molecular weight excluding hydrogens is 188 g/mol. The Labute approximate surface area is 90.8 Å². The van der Waals surface area contributed by atoms with Gasteiger partial charge in [-0.15, -0.1) is 0 Å². The molecule has 1 heterocycles. The van der Waals surface area contributed by atoms with E-state index in [0.29, 0.717) is 12.6 Å². The molecule has 1 unspecified atom stereocenters. The minimum atomic E-state index is 0.279. The molecule has 1 aliphatic rings. The maximum absolute atomic E-state index is 5.81. The standard InChI is InChI=1S/C11H20N4/c1-3-10-9(7-15(2)14-10)11(6-12)13-8-4-5-8/h7-8,11,13H,3-6,12H2,1-2H3. The number of nitrogens with two attached hydrogens (primary N) is 1. The largest absolute Gasteiger partial charge is 0.329 e. The van der Waals surface area contributed by atoms with Gasteiger partial charge in [-0.1, -0.05) is 6.92 Å². The molecule has 2 rings (SSSR count). The molecule has 0 radical (unpaired) electrons. The molecule has 1 fully saturated rings.